The van der Waals surface area contributed by atoms with Crippen molar-refractivity contribution in [2.45, 2.75) is 4.21 Å². The summed E-state index contributed by atoms with van der Waals surface area (Å²) in [6.07, 6.45) is 1.33. The van der Waals surface area contributed by atoms with Crippen LogP contribution in [0.15, 0.2) is 40.7 Å². The van der Waals surface area contributed by atoms with Crippen molar-refractivity contribution in [1.82, 2.24) is 4.98 Å². The number of hydrogen-bond donors (Lipinski definition) is 1. The van der Waals surface area contributed by atoms with Gasteiger partial charge in [0.1, 0.15) is 0 Å². The van der Waals surface area contributed by atoms with Gasteiger partial charge < -0.3 is 9.80 Å². The lowest BCUT2D eigenvalue weighted by molar-refractivity contribution is 0.599. The van der Waals surface area contributed by atoms with Gasteiger partial charge in [0.05, 0.1) is 6.20 Å². The molecular weight excluding hydrogens is 308 g/mol. The minimum absolute atomic E-state index is 0.114. The molecule has 0 aliphatic carbocycles. The molecule has 1 fully saturated rings. The third kappa shape index (κ3) is 3.17. The Morgan fingerprint density at radius 2 is 1.67 bits per heavy atom. The summed E-state index contributed by atoms with van der Waals surface area (Å²) in [5.74, 6) is 0. The molecule has 1 aliphatic rings. The van der Waals surface area contributed by atoms with Crippen LogP contribution in [0.2, 0.25) is 0 Å². The molecule has 112 valence electrons. The summed E-state index contributed by atoms with van der Waals surface area (Å²) in [5.41, 5.74) is 1.21. The zero-order chi connectivity index (χ0) is 14.9. The van der Waals surface area contributed by atoms with Gasteiger partial charge in [0.25, 0.3) is 0 Å². The highest BCUT2D eigenvalue weighted by molar-refractivity contribution is 7.91. The molecule has 1 aliphatic heterocycles. The molecule has 6 nitrogen and oxygen atoms in total. The maximum Gasteiger partial charge on any atom is 0.249 e. The highest BCUT2D eigenvalue weighted by atomic mass is 32.2. The number of aromatic nitrogens is 1. The zero-order valence-electron chi connectivity index (χ0n) is 11.3. The van der Waals surface area contributed by atoms with Gasteiger partial charge in [-0.15, -0.1) is 0 Å². The number of piperazine rings is 1. The number of thiazole rings is 1. The highest BCUT2D eigenvalue weighted by Gasteiger charge is 2.21. The van der Waals surface area contributed by atoms with Crippen molar-refractivity contribution < 1.29 is 8.42 Å². The second kappa shape index (κ2) is 5.63. The smallest absolute Gasteiger partial charge is 0.249 e. The standard InChI is InChI=1S/C13H16N4O2S2/c14-21(18,19)12-10-15-13(20-12)17-8-6-16(7-9-17)11-4-2-1-3-5-11/h1-5,10H,6-9H2,(H2,14,18,19). The van der Waals surface area contributed by atoms with Crippen LogP contribution in [0, 0.1) is 0 Å². The second-order valence-electron chi connectivity index (χ2n) is 4.82. The van der Waals surface area contributed by atoms with Gasteiger partial charge >= 0.3 is 0 Å². The molecular formula is C13H16N4O2S2. The maximum absolute atomic E-state index is 11.3. The van der Waals surface area contributed by atoms with Gasteiger partial charge in [-0.05, 0) is 12.1 Å². The van der Waals surface area contributed by atoms with E-state index in [1.807, 2.05) is 18.2 Å². The molecule has 3 rings (SSSR count). The number of primary sulfonamides is 1. The number of hydrogen-bond acceptors (Lipinski definition) is 6. The Balaban J connectivity index is 1.67. The molecule has 2 heterocycles. The molecule has 21 heavy (non-hydrogen) atoms. The van der Waals surface area contributed by atoms with E-state index in [9.17, 15) is 8.42 Å². The molecule has 1 aromatic heterocycles. The SMILES string of the molecule is NS(=O)(=O)c1cnc(N2CCN(c3ccccc3)CC2)s1. The van der Waals surface area contributed by atoms with Crippen LogP contribution in [0.4, 0.5) is 10.8 Å². The molecule has 2 aromatic rings. The lowest BCUT2D eigenvalue weighted by Gasteiger charge is -2.35. The van der Waals surface area contributed by atoms with Gasteiger partial charge in [-0.3, -0.25) is 0 Å². The molecule has 8 heteroatoms. The van der Waals surface area contributed by atoms with Crippen LogP contribution < -0.4 is 14.9 Å². The Bertz CT molecular complexity index is 707. The summed E-state index contributed by atoms with van der Waals surface area (Å²) in [6, 6.07) is 10.3. The fraction of sp³-hybridized carbons (Fsp3) is 0.308. The summed E-state index contributed by atoms with van der Waals surface area (Å²) in [6.45, 7) is 3.39. The number of anilines is 2. The predicted molar refractivity (Wildman–Crippen MR) is 84.4 cm³/mol. The average molecular weight is 324 g/mol. The first-order valence-electron chi connectivity index (χ1n) is 6.57. The molecule has 0 amide bonds. The van der Waals surface area contributed by atoms with E-state index in [4.69, 9.17) is 5.14 Å². The highest BCUT2D eigenvalue weighted by Crippen LogP contribution is 2.26. The first kappa shape index (κ1) is 14.3. The minimum Gasteiger partial charge on any atom is -0.368 e. The van der Waals surface area contributed by atoms with E-state index in [0.717, 1.165) is 37.5 Å². The van der Waals surface area contributed by atoms with Gasteiger partial charge in [-0.25, -0.2) is 18.5 Å². The van der Waals surface area contributed by atoms with E-state index >= 15 is 0 Å². The van der Waals surface area contributed by atoms with Crippen LogP contribution >= 0.6 is 11.3 Å². The number of para-hydroxylation sites is 1. The van der Waals surface area contributed by atoms with Crippen molar-refractivity contribution in [3.8, 4) is 0 Å². The Morgan fingerprint density at radius 3 is 2.24 bits per heavy atom. The van der Waals surface area contributed by atoms with Crippen LogP contribution in [0.25, 0.3) is 0 Å². The lowest BCUT2D eigenvalue weighted by Crippen LogP contribution is -2.46. The van der Waals surface area contributed by atoms with Crippen LogP contribution in [-0.4, -0.2) is 39.6 Å². The normalized spacial score (nSPS) is 16.2. The molecule has 1 aromatic carbocycles. The molecule has 1 saturated heterocycles. The van der Waals surface area contributed by atoms with E-state index in [0.29, 0.717) is 5.13 Å². The van der Waals surface area contributed by atoms with Crippen molar-refractivity contribution in [3.63, 3.8) is 0 Å². The average Bonchev–Trinajstić information content (AvgIpc) is 2.98. The first-order chi connectivity index (χ1) is 10.0. The quantitative estimate of drug-likeness (QED) is 0.915. The number of benzene rings is 1. The summed E-state index contributed by atoms with van der Waals surface area (Å²) in [7, 11) is -3.66. The summed E-state index contributed by atoms with van der Waals surface area (Å²) in [4.78, 5) is 8.58. The van der Waals surface area contributed by atoms with E-state index < -0.39 is 10.0 Å². The third-order valence-corrected chi connectivity index (χ3v) is 5.89. The van der Waals surface area contributed by atoms with Gasteiger partial charge in [0.2, 0.25) is 10.0 Å². The maximum atomic E-state index is 11.3. The molecule has 0 spiro atoms. The monoisotopic (exact) mass is 324 g/mol. The molecule has 2 N–H and O–H groups in total. The number of sulfonamides is 1. The molecule has 0 radical (unpaired) electrons. The Morgan fingerprint density at radius 1 is 1.05 bits per heavy atom. The van der Waals surface area contributed by atoms with Crippen LogP contribution in [0.5, 0.6) is 0 Å². The van der Waals surface area contributed by atoms with Gasteiger partial charge in [-0.2, -0.15) is 0 Å². The number of rotatable bonds is 3. The largest absolute Gasteiger partial charge is 0.368 e. The number of nitrogens with zero attached hydrogens (tertiary/aromatic N) is 3. The fourth-order valence-electron chi connectivity index (χ4n) is 2.32. The van der Waals surface area contributed by atoms with Crippen molar-refractivity contribution in [3.05, 3.63) is 36.5 Å². The lowest BCUT2D eigenvalue weighted by atomic mass is 10.2. The van der Waals surface area contributed by atoms with Crippen LogP contribution in [0.1, 0.15) is 0 Å². The molecule has 0 unspecified atom stereocenters. The van der Waals surface area contributed by atoms with E-state index in [-0.39, 0.29) is 4.21 Å². The fourth-order valence-corrected chi connectivity index (χ4v) is 3.91. The number of nitrogens with two attached hydrogens (primary N) is 1. The van der Waals surface area contributed by atoms with Crippen molar-refractivity contribution >= 4 is 32.2 Å². The Kier molecular flexibility index (Phi) is 3.83. The Hall–Kier alpha value is -1.64. The van der Waals surface area contributed by atoms with Gasteiger partial charge in [0.15, 0.2) is 9.34 Å². The first-order valence-corrected chi connectivity index (χ1v) is 8.94. The van der Waals surface area contributed by atoms with Crippen LogP contribution in [-0.2, 0) is 10.0 Å². The molecule has 0 atom stereocenters. The molecule has 0 saturated carbocycles. The topological polar surface area (TPSA) is 79.5 Å². The van der Waals surface area contributed by atoms with Crippen molar-refractivity contribution in [2.24, 2.45) is 5.14 Å². The summed E-state index contributed by atoms with van der Waals surface area (Å²) >= 11 is 1.13. The summed E-state index contributed by atoms with van der Waals surface area (Å²) < 4.78 is 22.7. The van der Waals surface area contributed by atoms with Gasteiger partial charge in [0, 0.05) is 31.9 Å². The zero-order valence-corrected chi connectivity index (χ0v) is 13.0. The third-order valence-electron chi connectivity index (χ3n) is 3.42. The van der Waals surface area contributed by atoms with Gasteiger partial charge in [-0.1, -0.05) is 29.5 Å². The van der Waals surface area contributed by atoms with Crippen molar-refractivity contribution in [2.75, 3.05) is 36.0 Å². The van der Waals surface area contributed by atoms with Crippen LogP contribution in [0.3, 0.4) is 0 Å². The van der Waals surface area contributed by atoms with E-state index in [2.05, 4.69) is 26.9 Å². The minimum atomic E-state index is -3.66. The molecule has 0 bridgehead atoms. The Labute approximate surface area is 127 Å². The predicted octanol–water partition coefficient (Wildman–Crippen LogP) is 1.12. The summed E-state index contributed by atoms with van der Waals surface area (Å²) in [5, 5.41) is 5.83. The van der Waals surface area contributed by atoms with E-state index in [1.54, 1.807) is 0 Å². The van der Waals surface area contributed by atoms with Crippen molar-refractivity contribution in [1.29, 1.82) is 0 Å². The second-order valence-corrected chi connectivity index (χ2v) is 7.61. The van der Waals surface area contributed by atoms with E-state index in [1.165, 1.54) is 11.9 Å².